The summed E-state index contributed by atoms with van der Waals surface area (Å²) in [6, 6.07) is 21.8. The van der Waals surface area contributed by atoms with Crippen LogP contribution in [0.15, 0.2) is 78.9 Å². The van der Waals surface area contributed by atoms with Crippen molar-refractivity contribution >= 4 is 17.7 Å². The molecule has 3 atom stereocenters. The van der Waals surface area contributed by atoms with Gasteiger partial charge in [-0.1, -0.05) is 54.6 Å². The third kappa shape index (κ3) is 7.22. The van der Waals surface area contributed by atoms with Crippen molar-refractivity contribution in [3.63, 3.8) is 0 Å². The SMILES string of the molecule is COc1ccc(C[C@H](NC(=O)[C@H](CC2CNCN2)NC(=O)c2ccccc2)C(=O)N2CC(O)(c3ccccc3C)C2)cc1. The third-order valence-corrected chi connectivity index (χ3v) is 8.16. The number of hydrogen-bond acceptors (Lipinski definition) is 7. The average Bonchev–Trinajstić information content (AvgIpc) is 3.52. The van der Waals surface area contributed by atoms with Crippen LogP contribution in [-0.2, 0) is 21.6 Å². The molecule has 0 radical (unpaired) electrons. The van der Waals surface area contributed by atoms with Gasteiger partial charge in [-0.05, 0) is 54.3 Å². The molecule has 2 aliphatic rings. The minimum atomic E-state index is -1.15. The highest BCUT2D eigenvalue weighted by Gasteiger charge is 2.47. The molecule has 226 valence electrons. The van der Waals surface area contributed by atoms with Gasteiger partial charge in [-0.15, -0.1) is 0 Å². The van der Waals surface area contributed by atoms with Gasteiger partial charge in [0, 0.05) is 31.2 Å². The van der Waals surface area contributed by atoms with Gasteiger partial charge in [0.2, 0.25) is 11.8 Å². The van der Waals surface area contributed by atoms with E-state index in [2.05, 4.69) is 21.3 Å². The smallest absolute Gasteiger partial charge is 0.251 e. The number of ether oxygens (including phenoxy) is 1. The van der Waals surface area contributed by atoms with Crippen LogP contribution in [0.3, 0.4) is 0 Å². The van der Waals surface area contributed by atoms with E-state index in [1.165, 1.54) is 0 Å². The number of hydrogen-bond donors (Lipinski definition) is 5. The summed E-state index contributed by atoms with van der Waals surface area (Å²) in [6.07, 6.45) is 0.577. The molecule has 0 aromatic heterocycles. The highest BCUT2D eigenvalue weighted by atomic mass is 16.5. The summed E-state index contributed by atoms with van der Waals surface area (Å²) in [7, 11) is 1.58. The van der Waals surface area contributed by atoms with Crippen LogP contribution in [0.1, 0.15) is 33.5 Å². The lowest BCUT2D eigenvalue weighted by atomic mass is 9.83. The second-order valence-corrected chi connectivity index (χ2v) is 11.3. The molecule has 5 rings (SSSR count). The maximum atomic E-state index is 13.9. The highest BCUT2D eigenvalue weighted by Crippen LogP contribution is 2.34. The lowest BCUT2D eigenvalue weighted by Crippen LogP contribution is -2.65. The number of aryl methyl sites for hydroxylation is 1. The number of methoxy groups -OCH3 is 1. The maximum Gasteiger partial charge on any atom is 0.251 e. The van der Waals surface area contributed by atoms with Gasteiger partial charge >= 0.3 is 0 Å². The van der Waals surface area contributed by atoms with Crippen molar-refractivity contribution in [2.24, 2.45) is 0 Å². The van der Waals surface area contributed by atoms with Gasteiger partial charge in [0.25, 0.3) is 5.91 Å². The highest BCUT2D eigenvalue weighted by molar-refractivity contribution is 5.98. The van der Waals surface area contributed by atoms with E-state index >= 15 is 0 Å². The van der Waals surface area contributed by atoms with Crippen molar-refractivity contribution in [2.45, 2.75) is 43.5 Å². The Morgan fingerprint density at radius 3 is 2.33 bits per heavy atom. The molecule has 10 heteroatoms. The molecule has 10 nitrogen and oxygen atoms in total. The molecule has 0 saturated carbocycles. The fourth-order valence-corrected chi connectivity index (χ4v) is 5.75. The van der Waals surface area contributed by atoms with Crippen molar-refractivity contribution in [2.75, 3.05) is 33.4 Å². The largest absolute Gasteiger partial charge is 0.497 e. The zero-order valence-corrected chi connectivity index (χ0v) is 24.5. The summed E-state index contributed by atoms with van der Waals surface area (Å²) in [5, 5.41) is 23.6. The van der Waals surface area contributed by atoms with Crippen molar-refractivity contribution in [3.8, 4) is 5.75 Å². The lowest BCUT2D eigenvalue weighted by Gasteiger charge is -2.48. The average molecular weight is 586 g/mol. The Labute approximate surface area is 251 Å². The number of aliphatic hydroxyl groups is 1. The summed E-state index contributed by atoms with van der Waals surface area (Å²) < 4.78 is 5.27. The molecule has 0 bridgehead atoms. The molecule has 2 fully saturated rings. The summed E-state index contributed by atoms with van der Waals surface area (Å²) in [5.41, 5.74) is 1.87. The zero-order chi connectivity index (χ0) is 30.4. The van der Waals surface area contributed by atoms with Gasteiger partial charge in [-0.2, -0.15) is 0 Å². The minimum absolute atomic E-state index is 0.0259. The first-order valence-electron chi connectivity index (χ1n) is 14.6. The number of nitrogens with zero attached hydrogens (tertiary/aromatic N) is 1. The number of carbonyl (C=O) groups excluding carboxylic acids is 3. The molecular formula is C33H39N5O5. The van der Waals surface area contributed by atoms with E-state index in [4.69, 9.17) is 4.74 Å². The number of amides is 3. The Hall–Kier alpha value is -4.25. The Morgan fingerprint density at radius 2 is 1.67 bits per heavy atom. The van der Waals surface area contributed by atoms with Crippen molar-refractivity contribution in [1.82, 2.24) is 26.2 Å². The number of carbonyl (C=O) groups is 3. The number of β-amino-alcohol motifs (C(OH)–C–C–N with tert-alkyl or cyclic N) is 1. The monoisotopic (exact) mass is 585 g/mol. The van der Waals surface area contributed by atoms with E-state index in [1.54, 1.807) is 48.4 Å². The van der Waals surface area contributed by atoms with Gasteiger partial charge in [-0.25, -0.2) is 0 Å². The summed E-state index contributed by atoms with van der Waals surface area (Å²) in [6.45, 7) is 3.45. The number of benzene rings is 3. The summed E-state index contributed by atoms with van der Waals surface area (Å²) in [4.78, 5) is 42.3. The molecule has 2 aliphatic heterocycles. The van der Waals surface area contributed by atoms with Crippen molar-refractivity contribution in [3.05, 3.63) is 101 Å². The van der Waals surface area contributed by atoms with E-state index in [-0.39, 0.29) is 37.4 Å². The number of likely N-dealkylation sites (tertiary alicyclic amines) is 1. The van der Waals surface area contributed by atoms with Crippen LogP contribution < -0.4 is 26.0 Å². The van der Waals surface area contributed by atoms with Gasteiger partial charge < -0.3 is 36.0 Å². The summed E-state index contributed by atoms with van der Waals surface area (Å²) in [5.74, 6) is -0.422. The van der Waals surface area contributed by atoms with Crippen LogP contribution >= 0.6 is 0 Å². The quantitative estimate of drug-likeness (QED) is 0.230. The van der Waals surface area contributed by atoms with Crippen LogP contribution in [0.5, 0.6) is 5.75 Å². The molecule has 3 amide bonds. The van der Waals surface area contributed by atoms with Crippen molar-refractivity contribution < 1.29 is 24.2 Å². The fraction of sp³-hybridized carbons (Fsp3) is 0.364. The first-order valence-corrected chi connectivity index (χ1v) is 14.6. The fourth-order valence-electron chi connectivity index (χ4n) is 5.75. The van der Waals surface area contributed by atoms with Crippen LogP contribution in [-0.4, -0.2) is 79.3 Å². The van der Waals surface area contributed by atoms with Crippen molar-refractivity contribution in [1.29, 1.82) is 0 Å². The lowest BCUT2D eigenvalue weighted by molar-refractivity contribution is -0.160. The molecule has 1 unspecified atom stereocenters. The Bertz CT molecular complexity index is 1420. The number of rotatable bonds is 11. The Morgan fingerprint density at radius 1 is 0.977 bits per heavy atom. The molecular weight excluding hydrogens is 546 g/mol. The van der Waals surface area contributed by atoms with E-state index in [0.717, 1.165) is 16.7 Å². The molecule has 3 aromatic rings. The van der Waals surface area contributed by atoms with Gasteiger partial charge in [0.15, 0.2) is 0 Å². The van der Waals surface area contributed by atoms with E-state index in [0.29, 0.717) is 30.9 Å². The number of nitrogens with one attached hydrogen (secondary N) is 4. The molecule has 5 N–H and O–H groups in total. The molecule has 0 spiro atoms. The Kier molecular flexibility index (Phi) is 9.40. The summed E-state index contributed by atoms with van der Waals surface area (Å²) >= 11 is 0. The Balaban J connectivity index is 1.34. The van der Waals surface area contributed by atoms with Gasteiger partial charge in [0.1, 0.15) is 23.4 Å². The first-order chi connectivity index (χ1) is 20.8. The minimum Gasteiger partial charge on any atom is -0.497 e. The molecule has 0 aliphatic carbocycles. The standard InChI is InChI=1S/C33H39N5O5/c1-22-8-6-7-11-27(22)33(42)19-38(20-33)32(41)29(16-23-12-14-26(43-2)15-13-23)37-31(40)28(17-25-18-34-21-35-25)36-30(39)24-9-4-3-5-10-24/h3-15,25,28-29,34-35,42H,16-21H2,1-2H3,(H,36,39)(H,37,40)/t25?,28-,29-/m0/s1. The molecule has 2 heterocycles. The van der Waals surface area contributed by atoms with Gasteiger partial charge in [-0.3, -0.25) is 14.4 Å². The van der Waals surface area contributed by atoms with Crippen LogP contribution in [0.25, 0.3) is 0 Å². The topological polar surface area (TPSA) is 132 Å². The van der Waals surface area contributed by atoms with E-state index in [1.807, 2.05) is 49.4 Å². The molecule has 3 aromatic carbocycles. The van der Waals surface area contributed by atoms with Crippen LogP contribution in [0, 0.1) is 6.92 Å². The van der Waals surface area contributed by atoms with Crippen LogP contribution in [0.4, 0.5) is 0 Å². The third-order valence-electron chi connectivity index (χ3n) is 8.16. The predicted molar refractivity (Wildman–Crippen MR) is 162 cm³/mol. The zero-order valence-electron chi connectivity index (χ0n) is 24.5. The first kappa shape index (κ1) is 30.2. The van der Waals surface area contributed by atoms with E-state index < -0.39 is 23.6 Å². The molecule has 43 heavy (non-hydrogen) atoms. The normalized spacial score (nSPS) is 18.7. The van der Waals surface area contributed by atoms with E-state index in [9.17, 15) is 19.5 Å². The van der Waals surface area contributed by atoms with Crippen LogP contribution in [0.2, 0.25) is 0 Å². The molecule has 2 saturated heterocycles. The second-order valence-electron chi connectivity index (χ2n) is 11.3. The maximum absolute atomic E-state index is 13.9. The predicted octanol–water partition coefficient (Wildman–Crippen LogP) is 1.47. The van der Waals surface area contributed by atoms with Gasteiger partial charge in [0.05, 0.1) is 20.2 Å². The second kappa shape index (κ2) is 13.4.